The van der Waals surface area contributed by atoms with Crippen LogP contribution >= 0.6 is 11.6 Å². The van der Waals surface area contributed by atoms with Gasteiger partial charge in [0.05, 0.1) is 0 Å². The number of halogens is 1. The smallest absolute Gasteiger partial charge is 0.0406 e. The Morgan fingerprint density at radius 3 is 2.35 bits per heavy atom. The van der Waals surface area contributed by atoms with Gasteiger partial charge in [-0.25, -0.2) is 0 Å². The fourth-order valence-electron chi connectivity index (χ4n) is 4.30. The number of hydrogen-bond donors (Lipinski definition) is 1. The zero-order chi connectivity index (χ0) is 13.8. The molecule has 0 bridgehead atoms. The average Bonchev–Trinajstić information content (AvgIpc) is 2.78. The Kier molecular flexibility index (Phi) is 4.68. The van der Waals surface area contributed by atoms with Gasteiger partial charge in [-0.2, -0.15) is 0 Å². The second kappa shape index (κ2) is 6.49. The molecule has 0 amide bonds. The summed E-state index contributed by atoms with van der Waals surface area (Å²) >= 11 is 6.09. The lowest BCUT2D eigenvalue weighted by atomic mass is 9.64. The van der Waals surface area contributed by atoms with Gasteiger partial charge in [0.2, 0.25) is 0 Å². The van der Waals surface area contributed by atoms with Crippen LogP contribution in [-0.2, 0) is 5.41 Å². The van der Waals surface area contributed by atoms with E-state index < -0.39 is 0 Å². The molecular weight excluding hydrogens is 266 g/mol. The van der Waals surface area contributed by atoms with Crippen LogP contribution in [0.5, 0.6) is 0 Å². The normalized spacial score (nSPS) is 26.9. The third kappa shape index (κ3) is 2.89. The fourth-order valence-corrected chi connectivity index (χ4v) is 4.43. The molecule has 1 nitrogen and oxygen atoms in total. The topological polar surface area (TPSA) is 12.0 Å². The van der Waals surface area contributed by atoms with E-state index in [0.717, 1.165) is 5.02 Å². The SMILES string of the molecule is Clc1ccc(C2(C3CCCCCN3)CCCCC2)cc1. The van der Waals surface area contributed by atoms with Crippen molar-refractivity contribution in [1.29, 1.82) is 0 Å². The zero-order valence-corrected chi connectivity index (χ0v) is 13.1. The zero-order valence-electron chi connectivity index (χ0n) is 12.3. The van der Waals surface area contributed by atoms with Crippen molar-refractivity contribution in [2.24, 2.45) is 0 Å². The van der Waals surface area contributed by atoms with E-state index in [1.165, 1.54) is 69.9 Å². The minimum absolute atomic E-state index is 0.354. The van der Waals surface area contributed by atoms with Crippen molar-refractivity contribution in [2.75, 3.05) is 6.54 Å². The van der Waals surface area contributed by atoms with E-state index in [0.29, 0.717) is 11.5 Å². The summed E-state index contributed by atoms with van der Waals surface area (Å²) in [6, 6.07) is 9.36. The molecule has 1 aliphatic heterocycles. The maximum atomic E-state index is 6.09. The van der Waals surface area contributed by atoms with Gasteiger partial charge in [0, 0.05) is 16.5 Å². The van der Waals surface area contributed by atoms with Crippen molar-refractivity contribution in [2.45, 2.75) is 69.2 Å². The molecule has 0 radical (unpaired) electrons. The second-order valence-electron chi connectivity index (χ2n) is 6.58. The standard InChI is InChI=1S/C18H26ClN/c19-16-10-8-15(9-11-16)18(12-4-2-5-13-18)17-7-3-1-6-14-20-17/h8-11,17,20H,1-7,12-14H2. The molecule has 1 aromatic carbocycles. The number of nitrogens with one attached hydrogen (secondary N) is 1. The van der Waals surface area contributed by atoms with E-state index in [2.05, 4.69) is 29.6 Å². The lowest BCUT2D eigenvalue weighted by Crippen LogP contribution is -2.49. The van der Waals surface area contributed by atoms with Crippen molar-refractivity contribution >= 4 is 11.6 Å². The van der Waals surface area contributed by atoms with Crippen LogP contribution in [0.2, 0.25) is 5.02 Å². The summed E-state index contributed by atoms with van der Waals surface area (Å²) in [6.07, 6.45) is 12.3. The highest BCUT2D eigenvalue weighted by Gasteiger charge is 2.40. The van der Waals surface area contributed by atoms with Crippen LogP contribution in [0.25, 0.3) is 0 Å². The quantitative estimate of drug-likeness (QED) is 0.802. The van der Waals surface area contributed by atoms with Crippen LogP contribution < -0.4 is 5.32 Å². The largest absolute Gasteiger partial charge is 0.313 e. The third-order valence-corrected chi connectivity index (χ3v) is 5.64. The summed E-state index contributed by atoms with van der Waals surface area (Å²) in [7, 11) is 0. The first-order chi connectivity index (χ1) is 9.81. The lowest BCUT2D eigenvalue weighted by Gasteiger charge is -2.44. The molecule has 2 heteroatoms. The Balaban J connectivity index is 1.92. The first kappa shape index (κ1) is 14.4. The van der Waals surface area contributed by atoms with Crippen molar-refractivity contribution in [1.82, 2.24) is 5.32 Å². The van der Waals surface area contributed by atoms with Gasteiger partial charge >= 0.3 is 0 Å². The minimum atomic E-state index is 0.354. The average molecular weight is 292 g/mol. The monoisotopic (exact) mass is 291 g/mol. The van der Waals surface area contributed by atoms with Crippen LogP contribution in [-0.4, -0.2) is 12.6 Å². The van der Waals surface area contributed by atoms with Gasteiger partial charge in [0.15, 0.2) is 0 Å². The maximum Gasteiger partial charge on any atom is 0.0406 e. The Morgan fingerprint density at radius 1 is 0.900 bits per heavy atom. The second-order valence-corrected chi connectivity index (χ2v) is 7.02. The molecule has 1 saturated heterocycles. The molecule has 1 atom stereocenters. The van der Waals surface area contributed by atoms with Gasteiger partial charge in [0.1, 0.15) is 0 Å². The summed E-state index contributed by atoms with van der Waals surface area (Å²) in [5.74, 6) is 0. The van der Waals surface area contributed by atoms with Gasteiger partial charge in [0.25, 0.3) is 0 Å². The van der Waals surface area contributed by atoms with Crippen LogP contribution in [0, 0.1) is 0 Å². The van der Waals surface area contributed by atoms with Crippen molar-refractivity contribution < 1.29 is 0 Å². The summed E-state index contributed by atoms with van der Waals surface area (Å²) in [5, 5.41) is 4.73. The molecule has 1 saturated carbocycles. The molecule has 1 aromatic rings. The Hall–Kier alpha value is -0.530. The molecule has 1 heterocycles. The van der Waals surface area contributed by atoms with Gasteiger partial charge in [-0.3, -0.25) is 0 Å². The summed E-state index contributed by atoms with van der Waals surface area (Å²) in [6.45, 7) is 1.19. The number of hydrogen-bond acceptors (Lipinski definition) is 1. The molecule has 0 spiro atoms. The third-order valence-electron chi connectivity index (χ3n) is 5.39. The van der Waals surface area contributed by atoms with Crippen LogP contribution in [0.4, 0.5) is 0 Å². The first-order valence-electron chi connectivity index (χ1n) is 8.31. The highest BCUT2D eigenvalue weighted by molar-refractivity contribution is 6.30. The Morgan fingerprint density at radius 2 is 1.60 bits per heavy atom. The molecule has 1 aliphatic carbocycles. The van der Waals surface area contributed by atoms with E-state index in [1.54, 1.807) is 0 Å². The molecule has 1 unspecified atom stereocenters. The molecule has 110 valence electrons. The van der Waals surface area contributed by atoms with Crippen molar-refractivity contribution in [3.63, 3.8) is 0 Å². The minimum Gasteiger partial charge on any atom is -0.313 e. The molecule has 3 rings (SSSR count). The summed E-state index contributed by atoms with van der Waals surface area (Å²) < 4.78 is 0. The van der Waals surface area contributed by atoms with Crippen molar-refractivity contribution in [3.05, 3.63) is 34.9 Å². The summed E-state index contributed by atoms with van der Waals surface area (Å²) in [5.41, 5.74) is 1.87. The van der Waals surface area contributed by atoms with E-state index in [9.17, 15) is 0 Å². The molecular formula is C18H26ClN. The van der Waals surface area contributed by atoms with Crippen LogP contribution in [0.3, 0.4) is 0 Å². The number of rotatable bonds is 2. The first-order valence-corrected chi connectivity index (χ1v) is 8.68. The molecule has 2 fully saturated rings. The highest BCUT2D eigenvalue weighted by atomic mass is 35.5. The predicted octanol–water partition coefficient (Wildman–Crippen LogP) is 5.07. The van der Waals surface area contributed by atoms with Crippen molar-refractivity contribution in [3.8, 4) is 0 Å². The van der Waals surface area contributed by atoms with Gasteiger partial charge in [-0.1, -0.05) is 55.8 Å². The fraction of sp³-hybridized carbons (Fsp3) is 0.667. The van der Waals surface area contributed by atoms with Gasteiger partial charge in [-0.05, 0) is 49.9 Å². The number of benzene rings is 1. The molecule has 20 heavy (non-hydrogen) atoms. The van der Waals surface area contributed by atoms with E-state index >= 15 is 0 Å². The van der Waals surface area contributed by atoms with Crippen LogP contribution in [0.1, 0.15) is 63.4 Å². The molecule has 2 aliphatic rings. The Bertz CT molecular complexity index is 412. The van der Waals surface area contributed by atoms with Gasteiger partial charge in [-0.15, -0.1) is 0 Å². The van der Waals surface area contributed by atoms with E-state index in [1.807, 2.05) is 0 Å². The van der Waals surface area contributed by atoms with E-state index in [-0.39, 0.29) is 0 Å². The summed E-state index contributed by atoms with van der Waals surface area (Å²) in [4.78, 5) is 0. The molecule has 0 aromatic heterocycles. The molecule has 1 N–H and O–H groups in total. The van der Waals surface area contributed by atoms with E-state index in [4.69, 9.17) is 11.6 Å². The highest BCUT2D eigenvalue weighted by Crippen LogP contribution is 2.44. The maximum absolute atomic E-state index is 6.09. The van der Waals surface area contributed by atoms with Gasteiger partial charge < -0.3 is 5.32 Å². The Labute approximate surface area is 128 Å². The predicted molar refractivity (Wildman–Crippen MR) is 86.5 cm³/mol. The van der Waals surface area contributed by atoms with Crippen LogP contribution in [0.15, 0.2) is 24.3 Å². The lowest BCUT2D eigenvalue weighted by molar-refractivity contribution is 0.208.